The Morgan fingerprint density at radius 1 is 0.981 bits per heavy atom. The number of amides is 4. The van der Waals surface area contributed by atoms with Gasteiger partial charge in [-0.3, -0.25) is 43.7 Å². The van der Waals surface area contributed by atoms with Crippen molar-refractivity contribution in [2.75, 3.05) is 25.1 Å². The summed E-state index contributed by atoms with van der Waals surface area (Å²) in [6.07, 6.45) is 2.79. The Hall–Kier alpha value is -5.05. The molecule has 1 unspecified atom stereocenters. The normalized spacial score (nSPS) is 17.9. The van der Waals surface area contributed by atoms with E-state index < -0.39 is 35.7 Å². The second-order valence-electron chi connectivity index (χ2n) is 13.7. The van der Waals surface area contributed by atoms with E-state index in [1.165, 1.54) is 4.88 Å². The van der Waals surface area contributed by atoms with Crippen LogP contribution in [0.1, 0.15) is 105 Å². The van der Waals surface area contributed by atoms with Crippen LogP contribution in [0.15, 0.2) is 47.5 Å². The van der Waals surface area contributed by atoms with Gasteiger partial charge in [-0.25, -0.2) is 0 Å². The number of halogens is 1. The molecule has 7 rings (SSSR count). The molecule has 280 valence electrons. The maximum atomic E-state index is 13.4. The van der Waals surface area contributed by atoms with Crippen molar-refractivity contribution >= 4 is 63.7 Å². The number of ether oxygens (including phenoxy) is 1. The molecule has 0 aliphatic carbocycles. The average Bonchev–Trinajstić information content (AvgIpc) is 3.72. The zero-order chi connectivity index (χ0) is 38.1. The van der Waals surface area contributed by atoms with Crippen molar-refractivity contribution in [1.29, 1.82) is 0 Å². The fourth-order valence-corrected chi connectivity index (χ4v) is 8.48. The largest absolute Gasteiger partial charge is 0.384 e. The molecule has 3 aliphatic heterocycles. The zero-order valence-corrected chi connectivity index (χ0v) is 31.8. The van der Waals surface area contributed by atoms with E-state index in [9.17, 15) is 24.0 Å². The minimum Gasteiger partial charge on any atom is -0.384 e. The quantitative estimate of drug-likeness (QED) is 0.118. The van der Waals surface area contributed by atoms with Crippen molar-refractivity contribution in [2.45, 2.75) is 77.8 Å². The molecule has 54 heavy (non-hydrogen) atoms. The number of nitrogens with one attached hydrogen (secondary N) is 2. The SMILES string of the molecule is Cc1sc2c(c1C)C(c1ccc(Cl)cc1)=N[C@@H](CC(=O)CCCCOCCCNc1cccc3c1C(=O)N(C1CCC(=O)NC1=O)C3=O)c1nnc(C)n1-2. The number of fused-ring (bicyclic) bond motifs is 4. The third-order valence-electron chi connectivity index (χ3n) is 10.0. The number of aryl methyl sites for hydroxylation is 2. The molecule has 0 saturated carbocycles. The Morgan fingerprint density at radius 3 is 2.54 bits per heavy atom. The molecule has 0 bridgehead atoms. The summed E-state index contributed by atoms with van der Waals surface area (Å²) in [7, 11) is 0. The summed E-state index contributed by atoms with van der Waals surface area (Å²) >= 11 is 7.89. The summed E-state index contributed by atoms with van der Waals surface area (Å²) in [5, 5.41) is 16.0. The van der Waals surface area contributed by atoms with E-state index >= 15 is 0 Å². The fourth-order valence-electron chi connectivity index (χ4n) is 7.14. The van der Waals surface area contributed by atoms with Crippen molar-refractivity contribution in [3.05, 3.63) is 91.8 Å². The number of ketones is 1. The Balaban J connectivity index is 0.889. The van der Waals surface area contributed by atoms with Crippen LogP contribution in [0.5, 0.6) is 0 Å². The molecule has 4 aromatic rings. The molecule has 2 aromatic carbocycles. The van der Waals surface area contributed by atoms with Crippen LogP contribution in [0.4, 0.5) is 5.69 Å². The second kappa shape index (κ2) is 15.7. The van der Waals surface area contributed by atoms with Crippen LogP contribution < -0.4 is 10.6 Å². The standard InChI is InChI=1S/C39H40ClN7O6S/c1-21-22(2)54-39-32(21)34(24-11-13-25(40)14-12-24)42-29(35-45-44-23(3)46(35)39)20-26(48)8-4-5-18-53-19-7-17-41-28-10-6-9-27-33(28)38(52)47(37(27)51)30-15-16-31(49)43-36(30)50/h6,9-14,29-30,41H,4-5,7-8,15-20H2,1-3H3,(H,43,49,50)/t29-,30?/m0/s1. The fraction of sp³-hybridized carbons (Fsp3) is 0.385. The number of rotatable bonds is 14. The van der Waals surface area contributed by atoms with Crippen molar-refractivity contribution in [3.8, 4) is 5.00 Å². The maximum absolute atomic E-state index is 13.4. The van der Waals surface area contributed by atoms with Crippen molar-refractivity contribution < 1.29 is 28.7 Å². The summed E-state index contributed by atoms with van der Waals surface area (Å²) in [5.74, 6) is -0.651. The smallest absolute Gasteiger partial charge is 0.264 e. The number of carbonyl (C=O) groups excluding carboxylic acids is 5. The average molecular weight is 770 g/mol. The van der Waals surface area contributed by atoms with E-state index in [-0.39, 0.29) is 36.2 Å². The van der Waals surface area contributed by atoms with Crippen molar-refractivity contribution in [3.63, 3.8) is 0 Å². The molecular weight excluding hydrogens is 730 g/mol. The third-order valence-corrected chi connectivity index (χ3v) is 11.5. The van der Waals surface area contributed by atoms with Crippen LogP contribution >= 0.6 is 22.9 Å². The highest BCUT2D eigenvalue weighted by atomic mass is 35.5. The number of Topliss-reactive ketones (excluding diaryl/α,β-unsaturated/α-hetero) is 1. The van der Waals surface area contributed by atoms with E-state index in [1.807, 2.05) is 35.8 Å². The number of piperidine rings is 1. The summed E-state index contributed by atoms with van der Waals surface area (Å²) in [5.41, 5.74) is 4.87. The van der Waals surface area contributed by atoms with Gasteiger partial charge in [0.15, 0.2) is 5.82 Å². The van der Waals surface area contributed by atoms with Crippen LogP contribution in [0, 0.1) is 20.8 Å². The molecule has 2 atom stereocenters. The number of aliphatic imine (C=N–C) groups is 1. The molecule has 3 aliphatic rings. The number of hydrogen-bond acceptors (Lipinski definition) is 11. The van der Waals surface area contributed by atoms with Crippen LogP contribution in [0.3, 0.4) is 0 Å². The molecule has 2 aromatic heterocycles. The van der Waals surface area contributed by atoms with Gasteiger partial charge in [-0.05, 0) is 76.3 Å². The van der Waals surface area contributed by atoms with Crippen LogP contribution in [-0.2, 0) is 19.1 Å². The van der Waals surface area contributed by atoms with Gasteiger partial charge in [0.25, 0.3) is 11.8 Å². The van der Waals surface area contributed by atoms with Gasteiger partial charge in [-0.1, -0.05) is 29.8 Å². The van der Waals surface area contributed by atoms with Crippen LogP contribution in [0.25, 0.3) is 5.00 Å². The van der Waals surface area contributed by atoms with Gasteiger partial charge in [0.05, 0.1) is 16.8 Å². The Bertz CT molecular complexity index is 2190. The first-order chi connectivity index (χ1) is 26.0. The van der Waals surface area contributed by atoms with Gasteiger partial charge < -0.3 is 10.1 Å². The number of thiophene rings is 1. The van der Waals surface area contributed by atoms with E-state index in [0.717, 1.165) is 38.1 Å². The first-order valence-electron chi connectivity index (χ1n) is 18.1. The lowest BCUT2D eigenvalue weighted by molar-refractivity contribution is -0.136. The molecule has 2 N–H and O–H groups in total. The van der Waals surface area contributed by atoms with Gasteiger partial charge in [0.1, 0.15) is 28.7 Å². The second-order valence-corrected chi connectivity index (χ2v) is 15.3. The lowest BCUT2D eigenvalue weighted by atomic mass is 9.99. The maximum Gasteiger partial charge on any atom is 0.264 e. The Kier molecular flexibility index (Phi) is 10.9. The van der Waals surface area contributed by atoms with Gasteiger partial charge in [-0.2, -0.15) is 0 Å². The third kappa shape index (κ3) is 7.25. The summed E-state index contributed by atoms with van der Waals surface area (Å²) in [6.45, 7) is 7.57. The molecule has 1 fully saturated rings. The number of unbranched alkanes of at least 4 members (excludes halogenated alkanes) is 1. The number of anilines is 1. The first-order valence-corrected chi connectivity index (χ1v) is 19.3. The number of benzene rings is 2. The molecule has 15 heteroatoms. The summed E-state index contributed by atoms with van der Waals surface area (Å²) in [4.78, 5) is 71.0. The van der Waals surface area contributed by atoms with Gasteiger partial charge >= 0.3 is 0 Å². The minimum absolute atomic E-state index is 0.0638. The van der Waals surface area contributed by atoms with Crippen molar-refractivity contribution in [2.24, 2.45) is 4.99 Å². The topological polar surface area (TPSA) is 165 Å². The van der Waals surface area contributed by atoms with Gasteiger partial charge in [0.2, 0.25) is 11.8 Å². The molecule has 1 saturated heterocycles. The lowest BCUT2D eigenvalue weighted by Crippen LogP contribution is -2.54. The van der Waals surface area contributed by atoms with E-state index in [4.69, 9.17) is 21.3 Å². The highest BCUT2D eigenvalue weighted by Gasteiger charge is 2.45. The summed E-state index contributed by atoms with van der Waals surface area (Å²) < 4.78 is 7.88. The molecule has 0 spiro atoms. The predicted octanol–water partition coefficient (Wildman–Crippen LogP) is 5.85. The molecule has 0 radical (unpaired) electrons. The highest BCUT2D eigenvalue weighted by Crippen LogP contribution is 2.40. The highest BCUT2D eigenvalue weighted by molar-refractivity contribution is 7.15. The minimum atomic E-state index is -1.01. The molecular formula is C39H40ClN7O6S. The molecule has 13 nitrogen and oxygen atoms in total. The van der Waals surface area contributed by atoms with Crippen LogP contribution in [-0.4, -0.2) is 80.6 Å². The number of nitrogens with zero attached hydrogens (tertiary/aromatic N) is 5. The number of carbonyl (C=O) groups is 5. The van der Waals surface area contributed by atoms with Gasteiger partial charge in [-0.15, -0.1) is 21.5 Å². The Labute approximate surface area is 321 Å². The monoisotopic (exact) mass is 769 g/mol. The molecule has 5 heterocycles. The van der Waals surface area contributed by atoms with E-state index in [1.54, 1.807) is 29.5 Å². The van der Waals surface area contributed by atoms with Crippen LogP contribution in [0.2, 0.25) is 5.02 Å². The van der Waals surface area contributed by atoms with Gasteiger partial charge in [0, 0.05) is 65.7 Å². The number of hydrogen-bond donors (Lipinski definition) is 2. The van der Waals surface area contributed by atoms with Crippen molar-refractivity contribution in [1.82, 2.24) is 25.0 Å². The summed E-state index contributed by atoms with van der Waals surface area (Å²) in [6, 6.07) is 11.1. The number of aromatic nitrogens is 3. The van der Waals surface area contributed by atoms with E-state index in [0.29, 0.717) is 62.0 Å². The Morgan fingerprint density at radius 2 is 1.76 bits per heavy atom. The predicted molar refractivity (Wildman–Crippen MR) is 204 cm³/mol. The lowest BCUT2D eigenvalue weighted by Gasteiger charge is -2.27. The number of imide groups is 2. The zero-order valence-electron chi connectivity index (χ0n) is 30.2. The van der Waals surface area contributed by atoms with E-state index in [2.05, 4.69) is 34.7 Å². The molecule has 4 amide bonds. The first kappa shape index (κ1) is 37.3.